The summed E-state index contributed by atoms with van der Waals surface area (Å²) in [4.78, 5) is 16.1. The Morgan fingerprint density at radius 2 is 1.89 bits per heavy atom. The summed E-state index contributed by atoms with van der Waals surface area (Å²) < 4.78 is 26.1. The average Bonchev–Trinajstić information content (AvgIpc) is 3.17. The molecule has 0 spiro atoms. The number of rotatable bonds is 13. The minimum atomic E-state index is -0.522. The second-order valence-electron chi connectivity index (χ2n) is 5.76. The van der Waals surface area contributed by atoms with Crippen LogP contribution in [0.5, 0.6) is 11.5 Å². The van der Waals surface area contributed by atoms with E-state index in [0.29, 0.717) is 68.4 Å². The fourth-order valence-corrected chi connectivity index (χ4v) is 3.40. The molecule has 1 atom stereocenters. The number of phenols is 1. The zero-order chi connectivity index (χ0) is 20.2. The van der Waals surface area contributed by atoms with E-state index in [-0.39, 0.29) is 11.7 Å². The van der Waals surface area contributed by atoms with Crippen molar-refractivity contribution in [1.82, 2.24) is 0 Å². The van der Waals surface area contributed by atoms with E-state index >= 15 is 0 Å². The predicted octanol–water partition coefficient (Wildman–Crippen LogP) is 1.88. The maximum absolute atomic E-state index is 11.8. The number of hydrogen-bond donors (Lipinski definition) is 1. The lowest BCUT2D eigenvalue weighted by atomic mass is 10.2. The first kappa shape index (κ1) is 22.5. The van der Waals surface area contributed by atoms with Gasteiger partial charge in [0.05, 0.1) is 39.6 Å². The molecule has 0 saturated carbocycles. The van der Waals surface area contributed by atoms with Gasteiger partial charge in [0, 0.05) is 24.5 Å². The lowest BCUT2D eigenvalue weighted by Crippen LogP contribution is -2.21. The molecule has 1 N–H and O–H groups in total. The number of phenolic OH excluding ortho intramolecular Hbond substituents is 1. The van der Waals surface area contributed by atoms with Crippen molar-refractivity contribution in [2.75, 3.05) is 59.1 Å². The Morgan fingerprint density at radius 3 is 2.57 bits per heavy atom. The summed E-state index contributed by atoms with van der Waals surface area (Å²) >= 11 is 1.42. The number of thioether (sulfide) groups is 1. The molecule has 1 unspecified atom stereocenters. The van der Waals surface area contributed by atoms with Crippen molar-refractivity contribution in [3.63, 3.8) is 0 Å². The fourth-order valence-electron chi connectivity index (χ4n) is 2.35. The van der Waals surface area contributed by atoms with E-state index in [1.54, 1.807) is 26.2 Å². The number of esters is 1. The number of ether oxygens (including phenoxy) is 5. The third-order valence-electron chi connectivity index (χ3n) is 3.71. The molecule has 9 heteroatoms. The molecular formula is C19H27NO7S. The molecule has 0 aromatic heterocycles. The smallest absolute Gasteiger partial charge is 0.331 e. The van der Waals surface area contributed by atoms with E-state index in [4.69, 9.17) is 23.7 Å². The molecule has 0 amide bonds. The minimum absolute atomic E-state index is 0.0562. The number of aromatic hydroxyl groups is 1. The molecule has 0 saturated heterocycles. The molecule has 8 nitrogen and oxygen atoms in total. The quantitative estimate of drug-likeness (QED) is 0.387. The van der Waals surface area contributed by atoms with E-state index < -0.39 is 6.04 Å². The molecule has 0 fully saturated rings. The van der Waals surface area contributed by atoms with Gasteiger partial charge in [0.15, 0.2) is 6.04 Å². The Balaban J connectivity index is 1.74. The maximum Gasteiger partial charge on any atom is 0.331 e. The zero-order valence-corrected chi connectivity index (χ0v) is 17.0. The topological polar surface area (TPSA) is 95.8 Å². The Kier molecular flexibility index (Phi) is 10.1. The van der Waals surface area contributed by atoms with Crippen LogP contribution >= 0.6 is 11.8 Å². The van der Waals surface area contributed by atoms with Crippen LogP contribution in [0.4, 0.5) is 0 Å². The predicted molar refractivity (Wildman–Crippen MR) is 107 cm³/mol. The van der Waals surface area contributed by atoms with Crippen LogP contribution in [0.1, 0.15) is 12.5 Å². The van der Waals surface area contributed by atoms with Crippen LogP contribution in [-0.4, -0.2) is 81.3 Å². The van der Waals surface area contributed by atoms with Gasteiger partial charge in [-0.05, 0) is 19.1 Å². The number of benzene rings is 1. The number of hydrogen-bond acceptors (Lipinski definition) is 9. The van der Waals surface area contributed by atoms with Gasteiger partial charge >= 0.3 is 5.97 Å². The zero-order valence-electron chi connectivity index (χ0n) is 16.2. The molecular weight excluding hydrogens is 386 g/mol. The monoisotopic (exact) mass is 413 g/mol. The van der Waals surface area contributed by atoms with Crippen LogP contribution in [0.2, 0.25) is 0 Å². The van der Waals surface area contributed by atoms with Gasteiger partial charge in [-0.25, -0.2) is 4.79 Å². The van der Waals surface area contributed by atoms with Gasteiger partial charge in [-0.2, -0.15) is 0 Å². The van der Waals surface area contributed by atoms with Crippen molar-refractivity contribution >= 4 is 22.8 Å². The van der Waals surface area contributed by atoms with Gasteiger partial charge in [-0.15, -0.1) is 11.8 Å². The Bertz CT molecular complexity index is 653. The number of nitrogens with zero attached hydrogens (tertiary/aromatic N) is 1. The Labute approximate surface area is 169 Å². The maximum atomic E-state index is 11.8. The molecule has 2 rings (SSSR count). The van der Waals surface area contributed by atoms with Gasteiger partial charge < -0.3 is 28.8 Å². The van der Waals surface area contributed by atoms with E-state index in [2.05, 4.69) is 4.99 Å². The standard InChI is InChI=1S/C19H27NO7S/c1-3-26-19(22)16-13-28-18(20-16)15-5-4-14(12-17(15)21)27-11-10-25-9-8-24-7-6-23-2/h4-5,12,16,21H,3,6-11,13H2,1-2H3. The lowest BCUT2D eigenvalue weighted by Gasteiger charge is -2.10. The molecule has 1 aliphatic rings. The third-order valence-corrected chi connectivity index (χ3v) is 4.79. The highest BCUT2D eigenvalue weighted by Crippen LogP contribution is 2.31. The van der Waals surface area contributed by atoms with Gasteiger partial charge in [-0.1, -0.05) is 0 Å². The normalized spacial score (nSPS) is 16.1. The van der Waals surface area contributed by atoms with Crippen molar-refractivity contribution in [2.24, 2.45) is 4.99 Å². The highest BCUT2D eigenvalue weighted by molar-refractivity contribution is 8.14. The van der Waals surface area contributed by atoms with Crippen molar-refractivity contribution in [2.45, 2.75) is 13.0 Å². The summed E-state index contributed by atoms with van der Waals surface area (Å²) in [6.07, 6.45) is 0. The highest BCUT2D eigenvalue weighted by atomic mass is 32.2. The molecule has 28 heavy (non-hydrogen) atoms. The van der Waals surface area contributed by atoms with Crippen molar-refractivity contribution < 1.29 is 33.6 Å². The first-order valence-electron chi connectivity index (χ1n) is 9.13. The van der Waals surface area contributed by atoms with Crippen LogP contribution in [0.15, 0.2) is 23.2 Å². The van der Waals surface area contributed by atoms with E-state index in [9.17, 15) is 9.90 Å². The summed E-state index contributed by atoms with van der Waals surface area (Å²) in [7, 11) is 1.63. The Morgan fingerprint density at radius 1 is 1.18 bits per heavy atom. The van der Waals surface area contributed by atoms with Gasteiger partial charge in [0.1, 0.15) is 23.1 Å². The molecule has 1 heterocycles. The second-order valence-corrected chi connectivity index (χ2v) is 6.77. The lowest BCUT2D eigenvalue weighted by molar-refractivity contribution is -0.143. The van der Waals surface area contributed by atoms with Crippen LogP contribution in [0.3, 0.4) is 0 Å². The molecule has 0 bridgehead atoms. The summed E-state index contributed by atoms with van der Waals surface area (Å²) in [5.74, 6) is 0.763. The second kappa shape index (κ2) is 12.6. The molecule has 1 aromatic rings. The fraction of sp³-hybridized carbons (Fsp3) is 0.579. The molecule has 0 radical (unpaired) electrons. The first-order valence-corrected chi connectivity index (χ1v) is 10.1. The van der Waals surface area contributed by atoms with Crippen molar-refractivity contribution in [3.8, 4) is 11.5 Å². The van der Waals surface area contributed by atoms with Crippen LogP contribution in [-0.2, 0) is 23.7 Å². The molecule has 156 valence electrons. The van der Waals surface area contributed by atoms with Gasteiger partial charge in [0.2, 0.25) is 0 Å². The number of aliphatic imine (C=N–C) groups is 1. The summed E-state index contributed by atoms with van der Waals surface area (Å²) in [5, 5.41) is 10.9. The number of carbonyl (C=O) groups excluding carboxylic acids is 1. The van der Waals surface area contributed by atoms with E-state index in [1.165, 1.54) is 17.8 Å². The first-order chi connectivity index (χ1) is 13.7. The average molecular weight is 413 g/mol. The highest BCUT2D eigenvalue weighted by Gasteiger charge is 2.27. The third kappa shape index (κ3) is 7.31. The number of carbonyl (C=O) groups is 1. The molecule has 1 aromatic carbocycles. The Hall–Kier alpha value is -1.81. The largest absolute Gasteiger partial charge is 0.507 e. The van der Waals surface area contributed by atoms with Gasteiger partial charge in [0.25, 0.3) is 0 Å². The van der Waals surface area contributed by atoms with E-state index in [0.717, 1.165) is 0 Å². The summed E-state index contributed by atoms with van der Waals surface area (Å²) in [6, 6.07) is 4.49. The SMILES string of the molecule is CCOC(=O)C1CSC(c2ccc(OCCOCCOCCOC)cc2O)=N1. The molecule has 1 aliphatic heterocycles. The summed E-state index contributed by atoms with van der Waals surface area (Å²) in [6.45, 7) is 4.96. The van der Waals surface area contributed by atoms with E-state index in [1.807, 2.05) is 0 Å². The molecule has 0 aliphatic carbocycles. The van der Waals surface area contributed by atoms with Crippen molar-refractivity contribution in [3.05, 3.63) is 23.8 Å². The van der Waals surface area contributed by atoms with Crippen LogP contribution < -0.4 is 4.74 Å². The van der Waals surface area contributed by atoms with Crippen molar-refractivity contribution in [1.29, 1.82) is 0 Å². The summed E-state index contributed by atoms with van der Waals surface area (Å²) in [5.41, 5.74) is 0.577. The van der Waals surface area contributed by atoms with Crippen LogP contribution in [0, 0.1) is 0 Å². The van der Waals surface area contributed by atoms with Crippen LogP contribution in [0.25, 0.3) is 0 Å². The number of methoxy groups -OCH3 is 1. The minimum Gasteiger partial charge on any atom is -0.507 e. The van der Waals surface area contributed by atoms with Gasteiger partial charge in [-0.3, -0.25) is 4.99 Å².